The minimum Gasteiger partial charge on any atom is -0.354 e. The van der Waals surface area contributed by atoms with Crippen molar-refractivity contribution in [3.8, 4) is 45.2 Å². The Bertz CT molecular complexity index is 4090. The highest BCUT2D eigenvalue weighted by molar-refractivity contribution is 6.03. The molecule has 0 spiro atoms. The summed E-state index contributed by atoms with van der Waals surface area (Å²) in [4.78, 5) is 27.5. The molecule has 8 heterocycles. The molecule has 0 fully saturated rings. The summed E-state index contributed by atoms with van der Waals surface area (Å²) in [6.07, 6.45) is 31.1. The van der Waals surface area contributed by atoms with Gasteiger partial charge in [0, 0.05) is 104 Å². The number of nitrogens with zero attached hydrogens (tertiary/aromatic N) is 5. The monoisotopic (exact) mass is 1180 g/mol. The molecule has 5 aliphatic rings. The van der Waals surface area contributed by atoms with E-state index < -0.39 is 5.41 Å². The molecule has 8 bridgehead atoms. The van der Waals surface area contributed by atoms with Crippen molar-refractivity contribution in [2.45, 2.75) is 142 Å². The predicted octanol–water partition coefficient (Wildman–Crippen LogP) is 22.5. The first kappa shape index (κ1) is 58.6. The number of aromatic nitrogens is 4. The van der Waals surface area contributed by atoms with E-state index in [0.717, 1.165) is 123 Å². The van der Waals surface area contributed by atoms with Crippen LogP contribution in [0.15, 0.2) is 170 Å². The molecule has 452 valence electrons. The molecule has 7 nitrogen and oxygen atoms in total. The lowest BCUT2D eigenvalue weighted by molar-refractivity contribution is 0.598. The number of H-pyrrole nitrogens is 2. The van der Waals surface area contributed by atoms with E-state index in [-0.39, 0.29) is 0 Å². The zero-order chi connectivity index (χ0) is 60.8. The molecule has 6 aromatic carbocycles. The fourth-order valence-corrected chi connectivity index (χ4v) is 15.1. The van der Waals surface area contributed by atoms with Gasteiger partial charge in [0.1, 0.15) is 5.41 Å². The van der Waals surface area contributed by atoms with Crippen LogP contribution >= 0.6 is 0 Å². The minimum atomic E-state index is -0.838. The van der Waals surface area contributed by atoms with Gasteiger partial charge in [-0.3, -0.25) is 0 Å². The topological polar surface area (TPSA) is 67.1 Å². The quantitative estimate of drug-likeness (QED) is 0.0466. The highest BCUT2D eigenvalue weighted by atomic mass is 15.2. The number of anilines is 6. The minimum absolute atomic E-state index is 0.819. The Kier molecular flexibility index (Phi) is 17.3. The standard InChI is InChI=1S/C83H85N7/c1-4-7-10-13-16-28-56-88-71-40-31-42-73-80(71)83(81-72(88)41-32-43-74(81)90(58-30-18-15-12-9-6-3)76-45-33-44-75(82(76)83)89(73)57-29-17-14-11-8-5-2)55-54-62-63-46-48-65(84-63)77(59-34-22-19-23-35-59)67-50-52-69(86-67)79(61-38-26-21-27-39-61)70-53-51-68(87-70)78(60-36-24-20-25-37-60)66-49-47-64(62)85-66/h19-27,31-53,84,87H,4-18,28-30,56-58H2,1-3H3. The Morgan fingerprint density at radius 3 is 0.978 bits per heavy atom. The van der Waals surface area contributed by atoms with Crippen LogP contribution in [0, 0.1) is 11.8 Å². The molecular weight excluding hydrogens is 1090 g/mol. The summed E-state index contributed by atoms with van der Waals surface area (Å²) in [6.45, 7) is 9.79. The summed E-state index contributed by atoms with van der Waals surface area (Å²) in [5.41, 5.74) is 25.2. The molecule has 0 radical (unpaired) electrons. The van der Waals surface area contributed by atoms with Crippen LogP contribution in [-0.4, -0.2) is 39.6 Å². The van der Waals surface area contributed by atoms with Crippen molar-refractivity contribution >= 4 is 80.5 Å². The predicted molar refractivity (Wildman–Crippen MR) is 382 cm³/mol. The summed E-state index contributed by atoms with van der Waals surface area (Å²) in [7, 11) is 0. The van der Waals surface area contributed by atoms with Crippen LogP contribution in [0.2, 0.25) is 0 Å². The number of fused-ring (bicyclic) bond motifs is 8. The van der Waals surface area contributed by atoms with Gasteiger partial charge in [-0.15, -0.1) is 0 Å². The molecule has 3 aromatic heterocycles. The van der Waals surface area contributed by atoms with Crippen molar-refractivity contribution in [2.75, 3.05) is 34.3 Å². The average Bonchev–Trinajstić information content (AvgIpc) is 0.790. The smallest absolute Gasteiger partial charge is 0.119 e. The SMILES string of the molecule is CCCCCCCCN1c2cccc3c2C2(C#Cc4c5nc(c(-c6ccccc6)c6ccc([nH]6)c(-c6ccccc6)c6nc(c(-c7ccccc7)c7ccc4[nH]7)C=C6)C=C5)c4c1cccc4N(CCCCCCCC)c1cccc(c12)N3CCCCCCCC. The lowest BCUT2D eigenvalue weighted by Crippen LogP contribution is -2.47. The first-order valence-corrected chi connectivity index (χ1v) is 34.2. The Balaban J connectivity index is 1.05. The van der Waals surface area contributed by atoms with Gasteiger partial charge in [0.25, 0.3) is 0 Å². The molecule has 9 aromatic rings. The van der Waals surface area contributed by atoms with Crippen LogP contribution < -0.4 is 14.7 Å². The highest BCUT2D eigenvalue weighted by Gasteiger charge is 2.55. The van der Waals surface area contributed by atoms with Gasteiger partial charge in [-0.05, 0) is 121 Å². The van der Waals surface area contributed by atoms with E-state index in [1.165, 1.54) is 147 Å². The Labute approximate surface area is 533 Å². The fourth-order valence-electron chi connectivity index (χ4n) is 15.1. The second kappa shape index (κ2) is 26.5. The van der Waals surface area contributed by atoms with Gasteiger partial charge in [-0.2, -0.15) is 0 Å². The maximum absolute atomic E-state index is 5.77. The zero-order valence-electron chi connectivity index (χ0n) is 53.1. The molecule has 7 heteroatoms. The number of nitrogens with one attached hydrogen (secondary N) is 2. The molecule has 5 aliphatic heterocycles. The van der Waals surface area contributed by atoms with Gasteiger partial charge in [-0.1, -0.05) is 238 Å². The summed E-state index contributed by atoms with van der Waals surface area (Å²) in [5.74, 6) is 8.61. The number of hydrogen-bond acceptors (Lipinski definition) is 5. The van der Waals surface area contributed by atoms with Crippen molar-refractivity contribution in [3.63, 3.8) is 0 Å². The van der Waals surface area contributed by atoms with Crippen LogP contribution in [0.3, 0.4) is 0 Å². The lowest BCUT2D eigenvalue weighted by atomic mass is 9.61. The van der Waals surface area contributed by atoms with E-state index in [4.69, 9.17) is 9.97 Å². The molecule has 90 heavy (non-hydrogen) atoms. The van der Waals surface area contributed by atoms with E-state index in [1.807, 2.05) is 0 Å². The number of benzene rings is 6. The molecule has 0 aliphatic carbocycles. The second-order valence-electron chi connectivity index (χ2n) is 25.4. The van der Waals surface area contributed by atoms with Crippen molar-refractivity contribution in [3.05, 3.63) is 215 Å². The van der Waals surface area contributed by atoms with Gasteiger partial charge >= 0.3 is 0 Å². The first-order chi connectivity index (χ1) is 44.6. The van der Waals surface area contributed by atoms with E-state index in [9.17, 15) is 0 Å². The lowest BCUT2D eigenvalue weighted by Gasteiger charge is -2.54. The van der Waals surface area contributed by atoms with Crippen LogP contribution in [0.1, 0.15) is 181 Å². The van der Waals surface area contributed by atoms with Crippen LogP contribution in [0.4, 0.5) is 34.1 Å². The Morgan fingerprint density at radius 1 is 0.322 bits per heavy atom. The van der Waals surface area contributed by atoms with E-state index >= 15 is 0 Å². The third-order valence-electron chi connectivity index (χ3n) is 19.5. The molecule has 0 saturated carbocycles. The van der Waals surface area contributed by atoms with Gasteiger partial charge < -0.3 is 24.7 Å². The molecule has 0 unspecified atom stereocenters. The normalized spacial score (nSPS) is 13.6. The van der Waals surface area contributed by atoms with E-state index in [0.29, 0.717) is 0 Å². The van der Waals surface area contributed by atoms with Gasteiger partial charge in [0.2, 0.25) is 0 Å². The van der Waals surface area contributed by atoms with E-state index in [1.54, 1.807) is 0 Å². The van der Waals surface area contributed by atoms with Crippen LogP contribution in [-0.2, 0) is 5.41 Å². The molecular formula is C83H85N7. The fraction of sp³-hybridized carbons (Fsp3) is 0.301. The first-order valence-electron chi connectivity index (χ1n) is 34.2. The van der Waals surface area contributed by atoms with Crippen LogP contribution in [0.25, 0.3) is 79.8 Å². The highest BCUT2D eigenvalue weighted by Crippen LogP contribution is 2.67. The third-order valence-corrected chi connectivity index (χ3v) is 19.5. The Morgan fingerprint density at radius 2 is 0.622 bits per heavy atom. The van der Waals surface area contributed by atoms with Crippen molar-refractivity contribution in [2.24, 2.45) is 0 Å². The maximum atomic E-state index is 5.77. The zero-order valence-corrected chi connectivity index (χ0v) is 53.1. The van der Waals surface area contributed by atoms with Gasteiger partial charge in [0.05, 0.1) is 33.9 Å². The van der Waals surface area contributed by atoms with E-state index in [2.05, 4.69) is 251 Å². The van der Waals surface area contributed by atoms with Crippen molar-refractivity contribution < 1.29 is 0 Å². The van der Waals surface area contributed by atoms with Gasteiger partial charge in [-0.25, -0.2) is 9.97 Å². The molecule has 0 saturated heterocycles. The molecule has 0 atom stereocenters. The largest absolute Gasteiger partial charge is 0.354 e. The van der Waals surface area contributed by atoms with Crippen molar-refractivity contribution in [1.29, 1.82) is 0 Å². The second-order valence-corrected chi connectivity index (χ2v) is 25.4. The molecule has 0 amide bonds. The van der Waals surface area contributed by atoms with Crippen LogP contribution in [0.5, 0.6) is 0 Å². The number of rotatable bonds is 24. The van der Waals surface area contributed by atoms with Gasteiger partial charge in [0.15, 0.2) is 0 Å². The molecule has 2 N–H and O–H groups in total. The molecule has 14 rings (SSSR count). The summed E-state index contributed by atoms with van der Waals surface area (Å²) in [5, 5.41) is 0. The maximum Gasteiger partial charge on any atom is 0.119 e. The number of hydrogen-bond donors (Lipinski definition) is 2. The average molecular weight is 1180 g/mol. The summed E-state index contributed by atoms with van der Waals surface area (Å²) in [6, 6.07) is 62.5. The third kappa shape index (κ3) is 11.0. The Hall–Kier alpha value is -9.12. The number of unbranched alkanes of at least 4 members (excludes halogenated alkanes) is 15. The summed E-state index contributed by atoms with van der Waals surface area (Å²) < 4.78 is 0. The summed E-state index contributed by atoms with van der Waals surface area (Å²) >= 11 is 0. The number of aromatic amines is 2. The van der Waals surface area contributed by atoms with Crippen molar-refractivity contribution in [1.82, 2.24) is 19.9 Å².